The van der Waals surface area contributed by atoms with E-state index in [4.69, 9.17) is 9.47 Å². The first kappa shape index (κ1) is 11.7. The molecule has 2 fully saturated rings. The van der Waals surface area contributed by atoms with Gasteiger partial charge in [0.15, 0.2) is 5.78 Å². The lowest BCUT2D eigenvalue weighted by atomic mass is 10.1. The molecule has 2 saturated heterocycles. The van der Waals surface area contributed by atoms with Crippen LogP contribution < -0.4 is 0 Å². The minimum absolute atomic E-state index is 0.153. The van der Waals surface area contributed by atoms with E-state index < -0.39 is 0 Å². The molecule has 0 aliphatic carbocycles. The van der Waals surface area contributed by atoms with Crippen LogP contribution in [0.1, 0.15) is 26.7 Å². The summed E-state index contributed by atoms with van der Waals surface area (Å²) in [6.07, 6.45) is 2.63. The first-order valence-corrected chi connectivity index (χ1v) is 5.38. The number of rotatable bonds is 0. The molecule has 2 aliphatic rings. The number of ether oxygens (including phenoxy) is 2. The highest BCUT2D eigenvalue weighted by Crippen LogP contribution is 2.10. The van der Waals surface area contributed by atoms with Gasteiger partial charge in [0.2, 0.25) is 0 Å². The van der Waals surface area contributed by atoms with E-state index in [0.29, 0.717) is 13.2 Å². The average molecular weight is 200 g/mol. The molecule has 82 valence electrons. The zero-order valence-electron chi connectivity index (χ0n) is 9.12. The van der Waals surface area contributed by atoms with Crippen molar-refractivity contribution in [3.8, 4) is 0 Å². The molecule has 0 aromatic heterocycles. The maximum absolute atomic E-state index is 10.4. The SMILES string of the molecule is CC1CCCOC1.CC1COCC1=O. The van der Waals surface area contributed by atoms with Gasteiger partial charge in [0.1, 0.15) is 6.61 Å². The smallest absolute Gasteiger partial charge is 0.163 e. The third kappa shape index (κ3) is 4.20. The van der Waals surface area contributed by atoms with Crippen molar-refractivity contribution in [3.05, 3.63) is 0 Å². The normalized spacial score (nSPS) is 32.3. The second kappa shape index (κ2) is 6.14. The quantitative estimate of drug-likeness (QED) is 0.596. The molecule has 0 spiro atoms. The Morgan fingerprint density at radius 2 is 2.00 bits per heavy atom. The van der Waals surface area contributed by atoms with Crippen molar-refractivity contribution in [1.29, 1.82) is 0 Å². The Morgan fingerprint density at radius 1 is 1.21 bits per heavy atom. The fraction of sp³-hybridized carbons (Fsp3) is 0.909. The molecule has 2 rings (SSSR count). The fourth-order valence-corrected chi connectivity index (χ4v) is 1.47. The maximum atomic E-state index is 10.4. The van der Waals surface area contributed by atoms with Crippen LogP contribution in [0, 0.1) is 11.8 Å². The van der Waals surface area contributed by atoms with Crippen LogP contribution in [0.25, 0.3) is 0 Å². The van der Waals surface area contributed by atoms with Crippen LogP contribution in [0.15, 0.2) is 0 Å². The molecule has 0 N–H and O–H groups in total. The van der Waals surface area contributed by atoms with Gasteiger partial charge in [0.05, 0.1) is 6.61 Å². The molecule has 0 saturated carbocycles. The number of carbonyl (C=O) groups is 1. The van der Waals surface area contributed by atoms with Crippen molar-refractivity contribution in [2.75, 3.05) is 26.4 Å². The summed E-state index contributed by atoms with van der Waals surface area (Å²) >= 11 is 0. The van der Waals surface area contributed by atoms with E-state index in [1.807, 2.05) is 6.92 Å². The largest absolute Gasteiger partial charge is 0.381 e. The Hall–Kier alpha value is -0.410. The number of Topliss-reactive ketones (excluding diaryl/α,β-unsaturated/α-hetero) is 1. The Morgan fingerprint density at radius 3 is 2.21 bits per heavy atom. The predicted molar refractivity (Wildman–Crippen MR) is 54.2 cm³/mol. The van der Waals surface area contributed by atoms with Crippen LogP contribution in [0.3, 0.4) is 0 Å². The van der Waals surface area contributed by atoms with Crippen LogP contribution in [0.2, 0.25) is 0 Å². The summed E-state index contributed by atoms with van der Waals surface area (Å²) in [6.45, 7) is 7.05. The van der Waals surface area contributed by atoms with Crippen molar-refractivity contribution in [2.24, 2.45) is 11.8 Å². The average Bonchev–Trinajstić information content (AvgIpc) is 2.53. The van der Waals surface area contributed by atoms with Gasteiger partial charge in [-0.3, -0.25) is 4.79 Å². The molecule has 14 heavy (non-hydrogen) atoms. The van der Waals surface area contributed by atoms with Gasteiger partial charge in [-0.25, -0.2) is 0 Å². The minimum atomic E-state index is 0.153. The summed E-state index contributed by atoms with van der Waals surface area (Å²) in [5, 5.41) is 0. The number of hydrogen-bond acceptors (Lipinski definition) is 3. The van der Waals surface area contributed by atoms with Gasteiger partial charge in [0, 0.05) is 19.1 Å². The van der Waals surface area contributed by atoms with Crippen molar-refractivity contribution in [1.82, 2.24) is 0 Å². The van der Waals surface area contributed by atoms with Gasteiger partial charge in [-0.1, -0.05) is 13.8 Å². The van der Waals surface area contributed by atoms with Crippen molar-refractivity contribution < 1.29 is 14.3 Å². The van der Waals surface area contributed by atoms with Crippen LogP contribution in [0.5, 0.6) is 0 Å². The third-order valence-corrected chi connectivity index (χ3v) is 2.55. The molecule has 0 aromatic rings. The first-order valence-electron chi connectivity index (χ1n) is 5.38. The van der Waals surface area contributed by atoms with Crippen molar-refractivity contribution >= 4 is 5.78 Å². The molecule has 2 heterocycles. The maximum Gasteiger partial charge on any atom is 0.163 e. The third-order valence-electron chi connectivity index (χ3n) is 2.55. The highest BCUT2D eigenvalue weighted by atomic mass is 16.5. The molecule has 3 heteroatoms. The number of ketones is 1. The standard InChI is InChI=1S/C6H12O.C5H8O2/c1-6-3-2-4-7-5-6;1-4-2-7-3-5(4)6/h6H,2-5H2,1H3;4H,2-3H2,1H3. The van der Waals surface area contributed by atoms with Gasteiger partial charge in [0.25, 0.3) is 0 Å². The monoisotopic (exact) mass is 200 g/mol. The lowest BCUT2D eigenvalue weighted by molar-refractivity contribution is -0.120. The van der Waals surface area contributed by atoms with E-state index in [2.05, 4.69) is 6.92 Å². The van der Waals surface area contributed by atoms with E-state index in [-0.39, 0.29) is 11.7 Å². The van der Waals surface area contributed by atoms with Crippen molar-refractivity contribution in [3.63, 3.8) is 0 Å². The van der Waals surface area contributed by atoms with Crippen molar-refractivity contribution in [2.45, 2.75) is 26.7 Å². The topological polar surface area (TPSA) is 35.5 Å². The molecule has 0 amide bonds. The van der Waals surface area contributed by atoms with E-state index in [0.717, 1.165) is 19.1 Å². The van der Waals surface area contributed by atoms with E-state index in [1.165, 1.54) is 12.8 Å². The number of hydrogen-bond donors (Lipinski definition) is 0. The molecule has 2 atom stereocenters. The van der Waals surface area contributed by atoms with Crippen LogP contribution in [-0.2, 0) is 14.3 Å². The second-order valence-corrected chi connectivity index (χ2v) is 4.20. The van der Waals surface area contributed by atoms with E-state index in [1.54, 1.807) is 0 Å². The summed E-state index contributed by atoms with van der Waals surface area (Å²) in [5.74, 6) is 1.20. The fourth-order valence-electron chi connectivity index (χ4n) is 1.47. The molecule has 3 nitrogen and oxygen atoms in total. The zero-order valence-corrected chi connectivity index (χ0v) is 9.12. The Bertz CT molecular complexity index is 173. The minimum Gasteiger partial charge on any atom is -0.381 e. The van der Waals surface area contributed by atoms with Gasteiger partial charge in [-0.2, -0.15) is 0 Å². The molecule has 2 aliphatic heterocycles. The van der Waals surface area contributed by atoms with Gasteiger partial charge in [-0.15, -0.1) is 0 Å². The first-order chi connectivity index (χ1) is 6.70. The van der Waals surface area contributed by atoms with Gasteiger partial charge in [-0.05, 0) is 18.8 Å². The Balaban J connectivity index is 0.000000140. The summed E-state index contributed by atoms with van der Waals surface area (Å²) in [6, 6.07) is 0. The summed E-state index contributed by atoms with van der Waals surface area (Å²) < 4.78 is 10.0. The second-order valence-electron chi connectivity index (χ2n) is 4.20. The summed E-state index contributed by atoms with van der Waals surface area (Å²) in [4.78, 5) is 10.4. The van der Waals surface area contributed by atoms with E-state index >= 15 is 0 Å². The van der Waals surface area contributed by atoms with Crippen LogP contribution >= 0.6 is 0 Å². The summed E-state index contributed by atoms with van der Waals surface area (Å²) in [5.41, 5.74) is 0. The molecule has 2 unspecified atom stereocenters. The highest BCUT2D eigenvalue weighted by Gasteiger charge is 2.19. The van der Waals surface area contributed by atoms with Crippen LogP contribution in [-0.4, -0.2) is 32.2 Å². The lowest BCUT2D eigenvalue weighted by Crippen LogP contribution is -2.13. The number of carbonyl (C=O) groups excluding carboxylic acids is 1. The molecular formula is C11H20O3. The van der Waals surface area contributed by atoms with E-state index in [9.17, 15) is 4.79 Å². The zero-order chi connectivity index (χ0) is 10.4. The lowest BCUT2D eigenvalue weighted by Gasteiger charge is -2.16. The molecule has 0 aromatic carbocycles. The molecule has 0 bridgehead atoms. The summed E-state index contributed by atoms with van der Waals surface area (Å²) in [7, 11) is 0. The van der Waals surface area contributed by atoms with Gasteiger partial charge < -0.3 is 9.47 Å². The van der Waals surface area contributed by atoms with Gasteiger partial charge >= 0.3 is 0 Å². The predicted octanol–water partition coefficient (Wildman–Crippen LogP) is 1.65. The molecule has 0 radical (unpaired) electrons. The Labute approximate surface area is 85.8 Å². The Kier molecular flexibility index (Phi) is 5.12. The van der Waals surface area contributed by atoms with Crippen LogP contribution in [0.4, 0.5) is 0 Å². The molecular weight excluding hydrogens is 180 g/mol. The highest BCUT2D eigenvalue weighted by molar-refractivity contribution is 5.83.